The van der Waals surface area contributed by atoms with E-state index in [1.807, 2.05) is 0 Å². The summed E-state index contributed by atoms with van der Waals surface area (Å²) in [5.74, 6) is 1.58. The molecule has 2 fully saturated rings. The summed E-state index contributed by atoms with van der Waals surface area (Å²) in [6.45, 7) is 8.81. The predicted molar refractivity (Wildman–Crippen MR) is 82.1 cm³/mol. The van der Waals surface area contributed by atoms with Gasteiger partial charge < -0.3 is 19.3 Å². The van der Waals surface area contributed by atoms with Gasteiger partial charge in [0.05, 0.1) is 6.61 Å². The number of nitrogens with zero attached hydrogens (tertiary/aromatic N) is 2. The summed E-state index contributed by atoms with van der Waals surface area (Å²) in [6.07, 6.45) is 5.20. The summed E-state index contributed by atoms with van der Waals surface area (Å²) >= 11 is 0. The lowest BCUT2D eigenvalue weighted by Gasteiger charge is -2.32. The first-order valence-corrected chi connectivity index (χ1v) is 8.25. The van der Waals surface area contributed by atoms with Gasteiger partial charge in [0.1, 0.15) is 0 Å². The van der Waals surface area contributed by atoms with Gasteiger partial charge in [-0.1, -0.05) is 0 Å². The molecule has 0 bridgehead atoms. The Balaban J connectivity index is 1.50. The fourth-order valence-electron chi connectivity index (χ4n) is 3.23. The Labute approximate surface area is 124 Å². The van der Waals surface area contributed by atoms with Crippen LogP contribution in [0.25, 0.3) is 0 Å². The minimum atomic E-state index is 0.778. The molecule has 0 aromatic rings. The van der Waals surface area contributed by atoms with Crippen LogP contribution in [0.15, 0.2) is 0 Å². The van der Waals surface area contributed by atoms with Gasteiger partial charge in [-0.05, 0) is 70.7 Å². The van der Waals surface area contributed by atoms with E-state index in [4.69, 9.17) is 9.47 Å². The summed E-state index contributed by atoms with van der Waals surface area (Å²) in [7, 11) is 4.00. The van der Waals surface area contributed by atoms with E-state index in [9.17, 15) is 0 Å². The maximum Gasteiger partial charge on any atom is 0.0589 e. The maximum absolute atomic E-state index is 6.00. The first-order chi connectivity index (χ1) is 9.78. The molecule has 2 aliphatic heterocycles. The van der Waals surface area contributed by atoms with Crippen molar-refractivity contribution in [3.05, 3.63) is 0 Å². The second-order valence-electron chi connectivity index (χ2n) is 6.56. The van der Waals surface area contributed by atoms with Crippen LogP contribution in [-0.4, -0.2) is 76.5 Å². The van der Waals surface area contributed by atoms with Crippen LogP contribution in [-0.2, 0) is 9.47 Å². The molecular formula is C16H32N2O2. The smallest absolute Gasteiger partial charge is 0.0589 e. The lowest BCUT2D eigenvalue weighted by molar-refractivity contribution is 0.0304. The molecule has 118 valence electrons. The number of likely N-dealkylation sites (tertiary alicyclic amines) is 2. The SMILES string of the molecule is COCCN1CCC(COCC2CCN(C)CC2)CC1. The van der Waals surface area contributed by atoms with Crippen LogP contribution in [0.4, 0.5) is 0 Å². The van der Waals surface area contributed by atoms with Crippen molar-refractivity contribution in [2.24, 2.45) is 11.8 Å². The number of piperidine rings is 2. The lowest BCUT2D eigenvalue weighted by atomic mass is 9.97. The average Bonchev–Trinajstić information content (AvgIpc) is 2.48. The zero-order valence-corrected chi connectivity index (χ0v) is 13.4. The van der Waals surface area contributed by atoms with Gasteiger partial charge in [-0.2, -0.15) is 0 Å². The van der Waals surface area contributed by atoms with Gasteiger partial charge in [-0.25, -0.2) is 0 Å². The summed E-state index contributed by atoms with van der Waals surface area (Å²) in [5.41, 5.74) is 0. The van der Waals surface area contributed by atoms with Gasteiger partial charge in [-0.15, -0.1) is 0 Å². The lowest BCUT2D eigenvalue weighted by Crippen LogP contribution is -2.37. The van der Waals surface area contributed by atoms with Gasteiger partial charge in [0.25, 0.3) is 0 Å². The third-order valence-corrected chi connectivity index (χ3v) is 4.86. The minimum Gasteiger partial charge on any atom is -0.383 e. The Bertz CT molecular complexity index is 247. The topological polar surface area (TPSA) is 24.9 Å². The fraction of sp³-hybridized carbons (Fsp3) is 1.00. The van der Waals surface area contributed by atoms with Crippen molar-refractivity contribution in [2.75, 3.05) is 66.7 Å². The van der Waals surface area contributed by atoms with E-state index in [2.05, 4.69) is 16.8 Å². The molecule has 0 aromatic heterocycles. The second kappa shape index (κ2) is 8.98. The Hall–Kier alpha value is -0.160. The van der Waals surface area contributed by atoms with Crippen LogP contribution in [0.2, 0.25) is 0 Å². The van der Waals surface area contributed by atoms with E-state index >= 15 is 0 Å². The molecule has 20 heavy (non-hydrogen) atoms. The van der Waals surface area contributed by atoms with Crippen molar-refractivity contribution < 1.29 is 9.47 Å². The molecule has 0 N–H and O–H groups in total. The first kappa shape index (κ1) is 16.2. The summed E-state index contributed by atoms with van der Waals surface area (Å²) in [6, 6.07) is 0. The summed E-state index contributed by atoms with van der Waals surface area (Å²) < 4.78 is 11.1. The van der Waals surface area contributed by atoms with E-state index in [1.54, 1.807) is 7.11 Å². The van der Waals surface area contributed by atoms with Gasteiger partial charge in [-0.3, -0.25) is 0 Å². The van der Waals surface area contributed by atoms with Crippen LogP contribution in [0.3, 0.4) is 0 Å². The number of hydrogen-bond acceptors (Lipinski definition) is 4. The highest BCUT2D eigenvalue weighted by atomic mass is 16.5. The highest BCUT2D eigenvalue weighted by Crippen LogP contribution is 2.20. The third-order valence-electron chi connectivity index (χ3n) is 4.86. The predicted octanol–water partition coefficient (Wildman–Crippen LogP) is 1.70. The Morgan fingerprint density at radius 1 is 0.900 bits per heavy atom. The second-order valence-corrected chi connectivity index (χ2v) is 6.56. The standard InChI is InChI=1S/C16H32N2O2/c1-17-7-3-15(4-8-17)13-20-14-16-5-9-18(10-6-16)11-12-19-2/h15-16H,3-14H2,1-2H3. The molecule has 4 nitrogen and oxygen atoms in total. The zero-order chi connectivity index (χ0) is 14.2. The van der Waals surface area contributed by atoms with Crippen molar-refractivity contribution in [1.82, 2.24) is 9.80 Å². The molecule has 4 heteroatoms. The third kappa shape index (κ3) is 5.68. The molecule has 0 saturated carbocycles. The van der Waals surface area contributed by atoms with Gasteiger partial charge in [0.2, 0.25) is 0 Å². The fourth-order valence-corrected chi connectivity index (χ4v) is 3.23. The summed E-state index contributed by atoms with van der Waals surface area (Å²) in [5, 5.41) is 0. The van der Waals surface area contributed by atoms with Crippen molar-refractivity contribution in [3.8, 4) is 0 Å². The van der Waals surface area contributed by atoms with Gasteiger partial charge in [0, 0.05) is 26.9 Å². The largest absolute Gasteiger partial charge is 0.383 e. The number of hydrogen-bond donors (Lipinski definition) is 0. The normalized spacial score (nSPS) is 24.3. The molecule has 0 radical (unpaired) electrons. The molecule has 2 heterocycles. The molecule has 0 aromatic carbocycles. The maximum atomic E-state index is 6.00. The molecular weight excluding hydrogens is 252 g/mol. The first-order valence-electron chi connectivity index (χ1n) is 8.25. The van der Waals surface area contributed by atoms with Crippen molar-refractivity contribution in [2.45, 2.75) is 25.7 Å². The average molecular weight is 284 g/mol. The molecule has 2 aliphatic rings. The quantitative estimate of drug-likeness (QED) is 0.710. The Morgan fingerprint density at radius 2 is 1.45 bits per heavy atom. The highest BCUT2D eigenvalue weighted by molar-refractivity contribution is 4.73. The van der Waals surface area contributed by atoms with Crippen LogP contribution in [0.5, 0.6) is 0 Å². The molecule has 0 unspecified atom stereocenters. The zero-order valence-electron chi connectivity index (χ0n) is 13.4. The molecule has 2 rings (SSSR count). The van der Waals surface area contributed by atoms with Crippen molar-refractivity contribution in [1.29, 1.82) is 0 Å². The Kier molecular flexibility index (Phi) is 7.28. The van der Waals surface area contributed by atoms with E-state index < -0.39 is 0 Å². The van der Waals surface area contributed by atoms with Crippen LogP contribution in [0, 0.1) is 11.8 Å². The minimum absolute atomic E-state index is 0.778. The molecule has 0 atom stereocenters. The van der Waals surface area contributed by atoms with Gasteiger partial charge >= 0.3 is 0 Å². The van der Waals surface area contributed by atoms with E-state index in [0.717, 1.165) is 38.2 Å². The van der Waals surface area contributed by atoms with Crippen LogP contribution < -0.4 is 0 Å². The number of ether oxygens (including phenoxy) is 2. The van der Waals surface area contributed by atoms with E-state index in [-0.39, 0.29) is 0 Å². The molecule has 0 spiro atoms. The molecule has 0 amide bonds. The van der Waals surface area contributed by atoms with Crippen molar-refractivity contribution >= 4 is 0 Å². The van der Waals surface area contributed by atoms with Crippen LogP contribution >= 0.6 is 0 Å². The Morgan fingerprint density at radius 3 is 2.00 bits per heavy atom. The molecule has 0 aliphatic carbocycles. The summed E-state index contributed by atoms with van der Waals surface area (Å²) in [4.78, 5) is 4.93. The monoisotopic (exact) mass is 284 g/mol. The van der Waals surface area contributed by atoms with Crippen molar-refractivity contribution in [3.63, 3.8) is 0 Å². The number of methoxy groups -OCH3 is 1. The molecule has 2 saturated heterocycles. The van der Waals surface area contributed by atoms with E-state index in [0.29, 0.717) is 0 Å². The van der Waals surface area contributed by atoms with Gasteiger partial charge in [0.15, 0.2) is 0 Å². The highest BCUT2D eigenvalue weighted by Gasteiger charge is 2.20. The van der Waals surface area contributed by atoms with Crippen LogP contribution in [0.1, 0.15) is 25.7 Å². The number of rotatable bonds is 7. The van der Waals surface area contributed by atoms with E-state index in [1.165, 1.54) is 51.9 Å².